The molecule has 0 unspecified atom stereocenters. The van der Waals surface area contributed by atoms with Crippen LogP contribution in [0.25, 0.3) is 0 Å². The fourth-order valence-electron chi connectivity index (χ4n) is 1.54. The topological polar surface area (TPSA) is 56.0 Å². The maximum Gasteiger partial charge on any atom is 0.220 e. The molecule has 1 atom stereocenters. The Hall–Kier alpha value is -1.58. The molecule has 68 valence electrons. The van der Waals surface area contributed by atoms with Crippen LogP contribution in [0.1, 0.15) is 24.4 Å². The average Bonchev–Trinajstić information content (AvgIpc) is 2.52. The van der Waals surface area contributed by atoms with Crippen molar-refractivity contribution in [2.45, 2.75) is 18.9 Å². The molecule has 2 heterocycles. The Bertz CT molecular complexity index is 338. The fourth-order valence-corrected chi connectivity index (χ4v) is 1.54. The predicted octanol–water partition coefficient (Wildman–Crippen LogP) is 0.271. The molecule has 1 fully saturated rings. The molecule has 0 saturated carbocycles. The second kappa shape index (κ2) is 3.05. The molecular formula is C9H10N2O2. The zero-order chi connectivity index (χ0) is 9.26. The van der Waals surface area contributed by atoms with E-state index in [-0.39, 0.29) is 11.9 Å². The second-order valence-corrected chi connectivity index (χ2v) is 3.16. The van der Waals surface area contributed by atoms with E-state index in [1.807, 2.05) is 6.07 Å². The lowest BCUT2D eigenvalue weighted by atomic mass is 10.1. The minimum atomic E-state index is 0.0221. The van der Waals surface area contributed by atoms with Gasteiger partial charge in [-0.25, -0.2) is 0 Å². The molecule has 2 rings (SSSR count). The lowest BCUT2D eigenvalue weighted by Gasteiger charge is -2.08. The van der Waals surface area contributed by atoms with Gasteiger partial charge in [0.15, 0.2) is 12.4 Å². The van der Waals surface area contributed by atoms with Gasteiger partial charge in [-0.15, -0.1) is 0 Å². The van der Waals surface area contributed by atoms with Gasteiger partial charge in [0.1, 0.15) is 0 Å². The van der Waals surface area contributed by atoms with E-state index in [4.69, 9.17) is 0 Å². The Morgan fingerprint density at radius 2 is 2.46 bits per heavy atom. The van der Waals surface area contributed by atoms with Gasteiger partial charge in [0, 0.05) is 18.1 Å². The number of pyridine rings is 1. The van der Waals surface area contributed by atoms with E-state index >= 15 is 0 Å². The molecule has 0 aliphatic carbocycles. The molecule has 1 amide bonds. The zero-order valence-corrected chi connectivity index (χ0v) is 7.06. The molecular weight excluding hydrogens is 168 g/mol. The number of hydrogen-bond donors (Lipinski definition) is 1. The van der Waals surface area contributed by atoms with Crippen molar-refractivity contribution in [3.63, 3.8) is 0 Å². The molecule has 1 aromatic heterocycles. The van der Waals surface area contributed by atoms with Gasteiger partial charge in [-0.3, -0.25) is 4.79 Å². The van der Waals surface area contributed by atoms with Gasteiger partial charge in [0.25, 0.3) is 0 Å². The summed E-state index contributed by atoms with van der Waals surface area (Å²) in [5.41, 5.74) is 0.878. The second-order valence-electron chi connectivity index (χ2n) is 3.16. The molecule has 13 heavy (non-hydrogen) atoms. The standard InChI is InChI=1S/C9H10N2O2/c12-9-4-3-8(10-9)7-2-1-5-11(13)6-7/h1-2,5-6,8H,3-4H2,(H,10,12)/t8-/m0/s1. The predicted molar refractivity (Wildman–Crippen MR) is 45.5 cm³/mol. The summed E-state index contributed by atoms with van der Waals surface area (Å²) in [6.07, 6.45) is 4.26. The summed E-state index contributed by atoms with van der Waals surface area (Å²) < 4.78 is 0.750. The van der Waals surface area contributed by atoms with Gasteiger partial charge < -0.3 is 10.5 Å². The Balaban J connectivity index is 2.21. The van der Waals surface area contributed by atoms with Crippen molar-refractivity contribution in [1.29, 1.82) is 0 Å². The third-order valence-corrected chi connectivity index (χ3v) is 2.20. The number of carbonyl (C=O) groups excluding carboxylic acids is 1. The summed E-state index contributed by atoms with van der Waals surface area (Å²) in [7, 11) is 0. The van der Waals surface area contributed by atoms with Gasteiger partial charge in [0.05, 0.1) is 6.04 Å². The lowest BCUT2D eigenvalue weighted by molar-refractivity contribution is -0.606. The van der Waals surface area contributed by atoms with E-state index in [1.54, 1.807) is 6.07 Å². The van der Waals surface area contributed by atoms with Crippen LogP contribution >= 0.6 is 0 Å². The molecule has 0 aromatic carbocycles. The third-order valence-electron chi connectivity index (χ3n) is 2.20. The molecule has 4 heteroatoms. The molecule has 1 aliphatic rings. The summed E-state index contributed by atoms with van der Waals surface area (Å²) >= 11 is 0. The van der Waals surface area contributed by atoms with Gasteiger partial charge >= 0.3 is 0 Å². The minimum absolute atomic E-state index is 0.0221. The summed E-state index contributed by atoms with van der Waals surface area (Å²) in [6, 6.07) is 3.56. The molecule has 1 aromatic rings. The van der Waals surface area contributed by atoms with Crippen molar-refractivity contribution in [2.24, 2.45) is 0 Å². The minimum Gasteiger partial charge on any atom is -0.619 e. The van der Waals surface area contributed by atoms with E-state index in [1.165, 1.54) is 12.4 Å². The monoisotopic (exact) mass is 178 g/mol. The number of nitrogens with one attached hydrogen (secondary N) is 1. The highest BCUT2D eigenvalue weighted by Crippen LogP contribution is 2.21. The van der Waals surface area contributed by atoms with Gasteiger partial charge in [-0.05, 0) is 12.5 Å². The van der Waals surface area contributed by atoms with Gasteiger partial charge in [0.2, 0.25) is 5.91 Å². The van der Waals surface area contributed by atoms with Crippen LogP contribution in [0.2, 0.25) is 0 Å². The van der Waals surface area contributed by atoms with Crippen LogP contribution < -0.4 is 10.0 Å². The highest BCUT2D eigenvalue weighted by molar-refractivity contribution is 5.78. The van der Waals surface area contributed by atoms with E-state index in [0.29, 0.717) is 6.42 Å². The molecule has 1 aliphatic heterocycles. The zero-order valence-electron chi connectivity index (χ0n) is 7.06. The Kier molecular flexibility index (Phi) is 1.88. The maximum atomic E-state index is 10.9. The van der Waals surface area contributed by atoms with Crippen molar-refractivity contribution in [3.05, 3.63) is 35.3 Å². The molecule has 1 saturated heterocycles. The summed E-state index contributed by atoms with van der Waals surface area (Å²) in [4.78, 5) is 10.9. The van der Waals surface area contributed by atoms with Crippen LogP contribution in [-0.4, -0.2) is 5.91 Å². The van der Waals surface area contributed by atoms with Crippen molar-refractivity contribution < 1.29 is 9.52 Å². The first-order chi connectivity index (χ1) is 6.25. The largest absolute Gasteiger partial charge is 0.619 e. The molecule has 0 spiro atoms. The number of hydrogen-bond acceptors (Lipinski definition) is 2. The summed E-state index contributed by atoms with van der Waals surface area (Å²) in [5, 5.41) is 13.7. The van der Waals surface area contributed by atoms with Crippen LogP contribution in [0.15, 0.2) is 24.5 Å². The van der Waals surface area contributed by atoms with Gasteiger partial charge in [-0.1, -0.05) is 0 Å². The smallest absolute Gasteiger partial charge is 0.220 e. The SMILES string of the molecule is O=C1CC[C@@H](c2ccc[n+]([O-])c2)N1. The van der Waals surface area contributed by atoms with Crippen LogP contribution in [0.5, 0.6) is 0 Å². The van der Waals surface area contributed by atoms with Crippen molar-refractivity contribution in [3.8, 4) is 0 Å². The lowest BCUT2D eigenvalue weighted by Crippen LogP contribution is -2.27. The van der Waals surface area contributed by atoms with E-state index in [2.05, 4.69) is 5.32 Å². The van der Waals surface area contributed by atoms with Crippen LogP contribution in [-0.2, 0) is 4.79 Å². The third kappa shape index (κ3) is 1.61. The van der Waals surface area contributed by atoms with Crippen molar-refractivity contribution in [2.75, 3.05) is 0 Å². The van der Waals surface area contributed by atoms with E-state index in [0.717, 1.165) is 16.7 Å². The molecule has 1 N–H and O–H groups in total. The quantitative estimate of drug-likeness (QED) is 0.495. The summed E-state index contributed by atoms with van der Waals surface area (Å²) in [5.74, 6) is 0.0614. The summed E-state index contributed by atoms with van der Waals surface area (Å²) in [6.45, 7) is 0. The Morgan fingerprint density at radius 3 is 3.08 bits per heavy atom. The van der Waals surface area contributed by atoms with E-state index in [9.17, 15) is 10.0 Å². The molecule has 4 nitrogen and oxygen atoms in total. The van der Waals surface area contributed by atoms with Crippen molar-refractivity contribution in [1.82, 2.24) is 5.32 Å². The number of nitrogens with zero attached hydrogens (tertiary/aromatic N) is 1. The molecule has 0 radical (unpaired) electrons. The highest BCUT2D eigenvalue weighted by Gasteiger charge is 2.23. The van der Waals surface area contributed by atoms with Crippen LogP contribution in [0.3, 0.4) is 0 Å². The fraction of sp³-hybridized carbons (Fsp3) is 0.333. The number of rotatable bonds is 1. The highest BCUT2D eigenvalue weighted by atomic mass is 16.5. The first kappa shape index (κ1) is 8.04. The number of carbonyl (C=O) groups is 1. The first-order valence-electron chi connectivity index (χ1n) is 4.24. The Morgan fingerprint density at radius 1 is 1.62 bits per heavy atom. The number of amides is 1. The normalized spacial score (nSPS) is 21.5. The van der Waals surface area contributed by atoms with Crippen LogP contribution in [0.4, 0.5) is 0 Å². The van der Waals surface area contributed by atoms with Gasteiger partial charge in [-0.2, -0.15) is 4.73 Å². The first-order valence-corrected chi connectivity index (χ1v) is 4.24. The maximum absolute atomic E-state index is 10.9. The number of aromatic nitrogens is 1. The molecule has 0 bridgehead atoms. The van der Waals surface area contributed by atoms with Crippen molar-refractivity contribution >= 4 is 5.91 Å². The van der Waals surface area contributed by atoms with E-state index < -0.39 is 0 Å². The average molecular weight is 178 g/mol. The Labute approximate surface area is 75.8 Å². The van der Waals surface area contributed by atoms with Crippen LogP contribution in [0, 0.1) is 5.21 Å².